The molecule has 2 aliphatic heterocycles. The van der Waals surface area contributed by atoms with Gasteiger partial charge in [-0.3, -0.25) is 9.78 Å². The van der Waals surface area contributed by atoms with E-state index >= 15 is 0 Å². The molecular formula is C19H20N4O4. The lowest BCUT2D eigenvalue weighted by atomic mass is 10.0. The van der Waals surface area contributed by atoms with E-state index in [0.717, 1.165) is 0 Å². The molecule has 2 N–H and O–H groups in total. The van der Waals surface area contributed by atoms with Gasteiger partial charge in [0.05, 0.1) is 5.56 Å². The number of piperidine rings is 1. The highest BCUT2D eigenvalue weighted by Gasteiger charge is 2.24. The molecule has 8 heteroatoms. The second kappa shape index (κ2) is 7.53. The Balaban J connectivity index is 1.27. The van der Waals surface area contributed by atoms with Crippen molar-refractivity contribution in [3.05, 3.63) is 48.3 Å². The van der Waals surface area contributed by atoms with Gasteiger partial charge in [0.1, 0.15) is 0 Å². The number of amides is 3. The molecule has 3 heterocycles. The van der Waals surface area contributed by atoms with E-state index in [4.69, 9.17) is 9.47 Å². The van der Waals surface area contributed by atoms with Crippen LogP contribution < -0.4 is 20.1 Å². The number of pyridine rings is 1. The zero-order valence-electron chi connectivity index (χ0n) is 14.7. The number of aromatic nitrogens is 1. The fourth-order valence-electron chi connectivity index (χ4n) is 3.17. The minimum Gasteiger partial charge on any atom is -0.454 e. The zero-order valence-corrected chi connectivity index (χ0v) is 14.7. The lowest BCUT2D eigenvalue weighted by Gasteiger charge is -2.32. The number of hydrogen-bond donors (Lipinski definition) is 2. The SMILES string of the molecule is O=C(NC1CCN(C(=O)Nc2ccc3c(c2)OCO3)CC1)c1cccnc1. The first kappa shape index (κ1) is 17.1. The summed E-state index contributed by atoms with van der Waals surface area (Å²) in [6, 6.07) is 8.66. The number of fused-ring (bicyclic) bond motifs is 1. The fourth-order valence-corrected chi connectivity index (χ4v) is 3.17. The number of nitrogens with zero attached hydrogens (tertiary/aromatic N) is 2. The lowest BCUT2D eigenvalue weighted by molar-refractivity contribution is 0.0919. The Bertz CT molecular complexity index is 835. The van der Waals surface area contributed by atoms with Gasteiger partial charge in [0.25, 0.3) is 5.91 Å². The molecule has 0 saturated carbocycles. The van der Waals surface area contributed by atoms with Crippen molar-refractivity contribution in [2.45, 2.75) is 18.9 Å². The third-order valence-electron chi connectivity index (χ3n) is 4.66. The van der Waals surface area contributed by atoms with Gasteiger partial charge in [0, 0.05) is 43.3 Å². The Morgan fingerprint density at radius 1 is 1.11 bits per heavy atom. The maximum Gasteiger partial charge on any atom is 0.321 e. The molecular weight excluding hydrogens is 348 g/mol. The van der Waals surface area contributed by atoms with Crippen LogP contribution in [-0.2, 0) is 0 Å². The smallest absolute Gasteiger partial charge is 0.321 e. The molecule has 0 unspecified atom stereocenters. The number of likely N-dealkylation sites (tertiary alicyclic amines) is 1. The van der Waals surface area contributed by atoms with Crippen molar-refractivity contribution in [1.82, 2.24) is 15.2 Å². The predicted octanol–water partition coefficient (Wildman–Crippen LogP) is 2.24. The van der Waals surface area contributed by atoms with E-state index in [2.05, 4.69) is 15.6 Å². The number of carbonyl (C=O) groups is 2. The number of anilines is 1. The maximum atomic E-state index is 12.5. The highest BCUT2D eigenvalue weighted by Crippen LogP contribution is 2.34. The molecule has 2 aromatic rings. The molecule has 140 valence electrons. The Kier molecular flexibility index (Phi) is 4.78. The van der Waals surface area contributed by atoms with Gasteiger partial charge >= 0.3 is 6.03 Å². The van der Waals surface area contributed by atoms with Crippen LogP contribution in [0, 0.1) is 0 Å². The number of hydrogen-bond acceptors (Lipinski definition) is 5. The number of benzene rings is 1. The van der Waals surface area contributed by atoms with Crippen molar-refractivity contribution in [3.63, 3.8) is 0 Å². The Labute approximate surface area is 156 Å². The summed E-state index contributed by atoms with van der Waals surface area (Å²) in [5.74, 6) is 1.18. The fraction of sp³-hybridized carbons (Fsp3) is 0.316. The lowest BCUT2D eigenvalue weighted by Crippen LogP contribution is -2.47. The summed E-state index contributed by atoms with van der Waals surface area (Å²) >= 11 is 0. The van der Waals surface area contributed by atoms with Crippen LogP contribution in [0.25, 0.3) is 0 Å². The topological polar surface area (TPSA) is 92.8 Å². The number of ether oxygens (including phenoxy) is 2. The summed E-state index contributed by atoms with van der Waals surface area (Å²) in [5, 5.41) is 5.88. The molecule has 3 amide bonds. The summed E-state index contributed by atoms with van der Waals surface area (Å²) in [4.78, 5) is 30.4. The molecule has 1 saturated heterocycles. The van der Waals surface area contributed by atoms with Gasteiger partial charge in [-0.05, 0) is 37.1 Å². The van der Waals surface area contributed by atoms with Crippen molar-refractivity contribution in [3.8, 4) is 11.5 Å². The van der Waals surface area contributed by atoms with Gasteiger partial charge in [-0.15, -0.1) is 0 Å². The average molecular weight is 368 g/mol. The van der Waals surface area contributed by atoms with Crippen LogP contribution in [0.15, 0.2) is 42.7 Å². The zero-order chi connectivity index (χ0) is 18.6. The largest absolute Gasteiger partial charge is 0.454 e. The first-order valence-corrected chi connectivity index (χ1v) is 8.85. The molecule has 8 nitrogen and oxygen atoms in total. The van der Waals surface area contributed by atoms with Crippen molar-refractivity contribution < 1.29 is 19.1 Å². The van der Waals surface area contributed by atoms with Crippen molar-refractivity contribution >= 4 is 17.6 Å². The summed E-state index contributed by atoms with van der Waals surface area (Å²) in [5.41, 5.74) is 1.21. The minimum absolute atomic E-state index is 0.0484. The average Bonchev–Trinajstić information content (AvgIpc) is 3.17. The van der Waals surface area contributed by atoms with Crippen LogP contribution in [0.5, 0.6) is 11.5 Å². The van der Waals surface area contributed by atoms with Crippen LogP contribution in [0.4, 0.5) is 10.5 Å². The van der Waals surface area contributed by atoms with Gasteiger partial charge in [-0.25, -0.2) is 4.79 Å². The van der Waals surface area contributed by atoms with Crippen molar-refractivity contribution in [2.75, 3.05) is 25.2 Å². The molecule has 0 bridgehead atoms. The Morgan fingerprint density at radius 2 is 1.93 bits per heavy atom. The first-order valence-electron chi connectivity index (χ1n) is 8.85. The third-order valence-corrected chi connectivity index (χ3v) is 4.66. The van der Waals surface area contributed by atoms with Crippen LogP contribution in [-0.4, -0.2) is 47.7 Å². The molecule has 0 radical (unpaired) electrons. The van der Waals surface area contributed by atoms with Gasteiger partial charge < -0.3 is 25.0 Å². The number of nitrogens with one attached hydrogen (secondary N) is 2. The van der Waals surface area contributed by atoms with Gasteiger partial charge in [-0.2, -0.15) is 0 Å². The van der Waals surface area contributed by atoms with Crippen molar-refractivity contribution in [2.24, 2.45) is 0 Å². The van der Waals surface area contributed by atoms with Gasteiger partial charge in [0.2, 0.25) is 6.79 Å². The Morgan fingerprint density at radius 3 is 2.70 bits per heavy atom. The summed E-state index contributed by atoms with van der Waals surface area (Å²) < 4.78 is 10.6. The van der Waals surface area contributed by atoms with Crippen LogP contribution in [0.3, 0.4) is 0 Å². The van der Waals surface area contributed by atoms with Crippen LogP contribution in [0.2, 0.25) is 0 Å². The second-order valence-electron chi connectivity index (χ2n) is 6.47. The monoisotopic (exact) mass is 368 g/mol. The Hall–Kier alpha value is -3.29. The second-order valence-corrected chi connectivity index (χ2v) is 6.47. The molecule has 0 aliphatic carbocycles. The maximum absolute atomic E-state index is 12.5. The molecule has 27 heavy (non-hydrogen) atoms. The van der Waals surface area contributed by atoms with E-state index in [-0.39, 0.29) is 24.8 Å². The first-order chi connectivity index (χ1) is 13.2. The normalized spacial score (nSPS) is 16.1. The molecule has 1 aromatic carbocycles. The number of carbonyl (C=O) groups excluding carboxylic acids is 2. The van der Waals surface area contributed by atoms with E-state index in [1.165, 1.54) is 0 Å². The molecule has 2 aliphatic rings. The quantitative estimate of drug-likeness (QED) is 0.867. The molecule has 1 fully saturated rings. The number of rotatable bonds is 3. The van der Waals surface area contributed by atoms with Crippen LogP contribution >= 0.6 is 0 Å². The predicted molar refractivity (Wildman–Crippen MR) is 97.9 cm³/mol. The van der Waals surface area contributed by atoms with E-state index in [1.54, 1.807) is 47.6 Å². The summed E-state index contributed by atoms with van der Waals surface area (Å²) in [6.07, 6.45) is 4.60. The summed E-state index contributed by atoms with van der Waals surface area (Å²) in [7, 11) is 0. The number of urea groups is 1. The van der Waals surface area contributed by atoms with E-state index in [0.29, 0.717) is 48.7 Å². The molecule has 4 rings (SSSR count). The van der Waals surface area contributed by atoms with E-state index in [1.807, 2.05) is 0 Å². The highest BCUT2D eigenvalue weighted by atomic mass is 16.7. The summed E-state index contributed by atoms with van der Waals surface area (Å²) in [6.45, 7) is 1.35. The molecule has 0 atom stereocenters. The van der Waals surface area contributed by atoms with Crippen molar-refractivity contribution in [1.29, 1.82) is 0 Å². The third kappa shape index (κ3) is 3.94. The highest BCUT2D eigenvalue weighted by molar-refractivity contribution is 5.94. The van der Waals surface area contributed by atoms with E-state index < -0.39 is 0 Å². The van der Waals surface area contributed by atoms with E-state index in [9.17, 15) is 9.59 Å². The standard InChI is InChI=1S/C19H20N4O4/c24-18(13-2-1-7-20-11-13)21-14-5-8-23(9-6-14)19(25)22-15-3-4-16-17(10-15)27-12-26-16/h1-4,7,10-11,14H,5-6,8-9,12H2,(H,21,24)(H,22,25). The van der Waals surface area contributed by atoms with Gasteiger partial charge in [-0.1, -0.05) is 0 Å². The molecule has 0 spiro atoms. The van der Waals surface area contributed by atoms with Crippen LogP contribution in [0.1, 0.15) is 23.2 Å². The van der Waals surface area contributed by atoms with Gasteiger partial charge in [0.15, 0.2) is 11.5 Å². The minimum atomic E-state index is -0.161. The molecule has 1 aromatic heterocycles.